The molecule has 0 aliphatic heterocycles. The number of rotatable bonds is 5. The van der Waals surface area contributed by atoms with Crippen molar-refractivity contribution in [1.29, 1.82) is 0 Å². The van der Waals surface area contributed by atoms with Crippen molar-refractivity contribution in [3.8, 4) is 5.75 Å². The van der Waals surface area contributed by atoms with Crippen LogP contribution in [0.25, 0.3) is 0 Å². The van der Waals surface area contributed by atoms with Crippen molar-refractivity contribution in [3.63, 3.8) is 0 Å². The van der Waals surface area contributed by atoms with Gasteiger partial charge in [0.15, 0.2) is 0 Å². The Morgan fingerprint density at radius 1 is 1.23 bits per heavy atom. The minimum Gasteiger partial charge on any atom is -0.495 e. The van der Waals surface area contributed by atoms with Crippen molar-refractivity contribution >= 4 is 23.1 Å². The van der Waals surface area contributed by atoms with E-state index in [0.717, 1.165) is 22.7 Å². The average Bonchev–Trinajstić information content (AvgIpc) is 2.49. The van der Waals surface area contributed by atoms with Gasteiger partial charge in [0.25, 0.3) is 0 Å². The van der Waals surface area contributed by atoms with Crippen LogP contribution in [0.5, 0.6) is 5.75 Å². The van der Waals surface area contributed by atoms with E-state index in [4.69, 9.17) is 4.74 Å². The molecule has 5 heteroatoms. The third kappa shape index (κ3) is 3.97. The second kappa shape index (κ2) is 6.93. The van der Waals surface area contributed by atoms with Crippen LogP contribution in [-0.4, -0.2) is 18.0 Å². The molecule has 0 saturated carbocycles. The highest BCUT2D eigenvalue weighted by Crippen LogP contribution is 2.28. The summed E-state index contributed by atoms with van der Waals surface area (Å²) in [4.78, 5) is 15.9. The second-order valence-electron chi connectivity index (χ2n) is 5.40. The number of nitrogens with zero attached hydrogens (tertiary/aromatic N) is 1. The molecule has 5 nitrogen and oxygen atoms in total. The minimum atomic E-state index is -0.0730. The lowest BCUT2D eigenvalue weighted by Gasteiger charge is -2.12. The maximum atomic E-state index is 11.6. The van der Waals surface area contributed by atoms with Crippen molar-refractivity contribution < 1.29 is 9.53 Å². The number of hydrogen-bond acceptors (Lipinski definition) is 4. The normalized spacial score (nSPS) is 10.4. The smallest absolute Gasteiger partial charge is 0.228 e. The fourth-order valence-electron chi connectivity index (χ4n) is 1.89. The Kier molecular flexibility index (Phi) is 4.99. The predicted octanol–water partition coefficient (Wildman–Crippen LogP) is 3.74. The van der Waals surface area contributed by atoms with Gasteiger partial charge < -0.3 is 15.4 Å². The predicted molar refractivity (Wildman–Crippen MR) is 88.7 cm³/mol. The van der Waals surface area contributed by atoms with E-state index >= 15 is 0 Å². The molecule has 1 aromatic carbocycles. The van der Waals surface area contributed by atoms with Crippen LogP contribution in [0, 0.1) is 12.8 Å². The van der Waals surface area contributed by atoms with Crippen molar-refractivity contribution in [2.24, 2.45) is 5.92 Å². The highest BCUT2D eigenvalue weighted by Gasteiger charge is 2.08. The van der Waals surface area contributed by atoms with E-state index in [1.165, 1.54) is 0 Å². The molecule has 2 N–H and O–H groups in total. The molecule has 2 rings (SSSR count). The molecule has 2 aromatic rings. The number of methoxy groups -OCH3 is 1. The summed E-state index contributed by atoms with van der Waals surface area (Å²) in [6, 6.07) is 9.55. The number of hydrogen-bond donors (Lipinski definition) is 2. The number of nitrogens with one attached hydrogen (secondary N) is 2. The number of aryl methyl sites for hydroxylation is 1. The molecular weight excluding hydrogens is 278 g/mol. The zero-order valence-corrected chi connectivity index (χ0v) is 13.3. The Balaban J connectivity index is 2.11. The summed E-state index contributed by atoms with van der Waals surface area (Å²) >= 11 is 0. The molecule has 0 aliphatic carbocycles. The Morgan fingerprint density at radius 2 is 2.00 bits per heavy atom. The Hall–Kier alpha value is -2.56. The summed E-state index contributed by atoms with van der Waals surface area (Å²) in [6.07, 6.45) is 1.68. The molecule has 0 unspecified atom stereocenters. The molecule has 0 atom stereocenters. The molecule has 0 bridgehead atoms. The van der Waals surface area contributed by atoms with Crippen LogP contribution in [0.2, 0.25) is 0 Å². The van der Waals surface area contributed by atoms with Gasteiger partial charge in [0.05, 0.1) is 24.7 Å². The van der Waals surface area contributed by atoms with Gasteiger partial charge >= 0.3 is 0 Å². The largest absolute Gasteiger partial charge is 0.495 e. The molecule has 1 heterocycles. The zero-order chi connectivity index (χ0) is 16.1. The van der Waals surface area contributed by atoms with Crippen LogP contribution in [0.4, 0.5) is 17.2 Å². The van der Waals surface area contributed by atoms with E-state index < -0.39 is 0 Å². The fourth-order valence-corrected chi connectivity index (χ4v) is 1.89. The monoisotopic (exact) mass is 299 g/mol. The van der Waals surface area contributed by atoms with E-state index in [1.807, 2.05) is 45.0 Å². The zero-order valence-electron chi connectivity index (χ0n) is 13.3. The molecular formula is C17H21N3O2. The summed E-state index contributed by atoms with van der Waals surface area (Å²) in [6.45, 7) is 5.71. The summed E-state index contributed by atoms with van der Waals surface area (Å²) in [5, 5.41) is 6.03. The van der Waals surface area contributed by atoms with E-state index in [2.05, 4.69) is 15.6 Å². The third-order valence-corrected chi connectivity index (χ3v) is 3.17. The van der Waals surface area contributed by atoms with Gasteiger partial charge in [-0.2, -0.15) is 0 Å². The highest BCUT2D eigenvalue weighted by atomic mass is 16.5. The number of pyridine rings is 1. The topological polar surface area (TPSA) is 63.2 Å². The highest BCUT2D eigenvalue weighted by molar-refractivity contribution is 5.91. The Labute approximate surface area is 130 Å². The number of carbonyl (C=O) groups excluding carboxylic acids is 1. The van der Waals surface area contributed by atoms with Gasteiger partial charge in [-0.25, -0.2) is 4.98 Å². The number of anilines is 3. The molecule has 1 amide bonds. The number of benzene rings is 1. The van der Waals surface area contributed by atoms with Gasteiger partial charge in [-0.15, -0.1) is 0 Å². The summed E-state index contributed by atoms with van der Waals surface area (Å²) in [7, 11) is 1.64. The number of ether oxygens (including phenoxy) is 1. The van der Waals surface area contributed by atoms with E-state index in [9.17, 15) is 4.79 Å². The summed E-state index contributed by atoms with van der Waals surface area (Å²) in [5.41, 5.74) is 2.84. The number of amides is 1. The molecule has 0 saturated heterocycles. The molecule has 0 fully saturated rings. The third-order valence-electron chi connectivity index (χ3n) is 3.17. The van der Waals surface area contributed by atoms with Gasteiger partial charge in [-0.1, -0.05) is 19.9 Å². The van der Waals surface area contributed by atoms with Crippen molar-refractivity contribution in [2.75, 3.05) is 17.7 Å². The summed E-state index contributed by atoms with van der Waals surface area (Å²) < 4.78 is 5.34. The maximum Gasteiger partial charge on any atom is 0.228 e. The van der Waals surface area contributed by atoms with Crippen LogP contribution in [0.1, 0.15) is 19.4 Å². The van der Waals surface area contributed by atoms with Crippen molar-refractivity contribution in [1.82, 2.24) is 4.98 Å². The molecule has 22 heavy (non-hydrogen) atoms. The SMILES string of the molecule is COc1ccc(C)cc1Nc1ccc(NC(=O)C(C)C)nc1. The van der Waals surface area contributed by atoms with Gasteiger partial charge in [-0.05, 0) is 36.8 Å². The Bertz CT molecular complexity index is 651. The van der Waals surface area contributed by atoms with E-state index in [0.29, 0.717) is 5.82 Å². The maximum absolute atomic E-state index is 11.6. The van der Waals surface area contributed by atoms with Crippen molar-refractivity contribution in [2.45, 2.75) is 20.8 Å². The minimum absolute atomic E-state index is 0.0476. The van der Waals surface area contributed by atoms with E-state index in [-0.39, 0.29) is 11.8 Å². The standard InChI is InChI=1S/C17H21N3O2/c1-11(2)17(21)20-16-8-6-13(10-18-16)19-14-9-12(3)5-7-15(14)22-4/h5-11,19H,1-4H3,(H,18,20,21). The number of aromatic nitrogens is 1. The van der Waals surface area contributed by atoms with Crippen LogP contribution in [0.3, 0.4) is 0 Å². The van der Waals surface area contributed by atoms with Crippen LogP contribution < -0.4 is 15.4 Å². The second-order valence-corrected chi connectivity index (χ2v) is 5.40. The van der Waals surface area contributed by atoms with Gasteiger partial charge in [0, 0.05) is 5.92 Å². The first-order chi connectivity index (χ1) is 10.5. The fraction of sp³-hybridized carbons (Fsp3) is 0.294. The molecule has 0 spiro atoms. The lowest BCUT2D eigenvalue weighted by molar-refractivity contribution is -0.118. The van der Waals surface area contributed by atoms with Crippen LogP contribution in [-0.2, 0) is 4.79 Å². The summed E-state index contributed by atoms with van der Waals surface area (Å²) in [5.74, 6) is 1.19. The van der Waals surface area contributed by atoms with Gasteiger partial charge in [0.1, 0.15) is 11.6 Å². The van der Waals surface area contributed by atoms with E-state index in [1.54, 1.807) is 19.4 Å². The van der Waals surface area contributed by atoms with Gasteiger partial charge in [-0.3, -0.25) is 4.79 Å². The van der Waals surface area contributed by atoms with Crippen LogP contribution in [0.15, 0.2) is 36.5 Å². The Morgan fingerprint density at radius 3 is 2.59 bits per heavy atom. The molecule has 1 aromatic heterocycles. The number of carbonyl (C=O) groups is 1. The molecule has 0 radical (unpaired) electrons. The average molecular weight is 299 g/mol. The van der Waals surface area contributed by atoms with Crippen LogP contribution >= 0.6 is 0 Å². The molecule has 0 aliphatic rings. The van der Waals surface area contributed by atoms with Gasteiger partial charge in [0.2, 0.25) is 5.91 Å². The first kappa shape index (κ1) is 15.8. The molecule has 116 valence electrons. The lowest BCUT2D eigenvalue weighted by atomic mass is 10.2. The quantitative estimate of drug-likeness (QED) is 0.883. The first-order valence-corrected chi connectivity index (χ1v) is 7.18. The first-order valence-electron chi connectivity index (χ1n) is 7.18. The lowest BCUT2D eigenvalue weighted by Crippen LogP contribution is -2.18. The van der Waals surface area contributed by atoms with Crippen molar-refractivity contribution in [3.05, 3.63) is 42.1 Å².